The summed E-state index contributed by atoms with van der Waals surface area (Å²) in [4.78, 5) is 22.5. The second kappa shape index (κ2) is 4.57. The first-order chi connectivity index (χ1) is 7.77. The highest BCUT2D eigenvalue weighted by Gasteiger charge is 2.10. The molecule has 0 aliphatic carbocycles. The van der Waals surface area contributed by atoms with Crippen molar-refractivity contribution >= 4 is 5.91 Å². The monoisotopic (exact) mass is 216 g/mol. The first kappa shape index (κ1) is 10.4. The third-order valence-electron chi connectivity index (χ3n) is 2.22. The smallest absolute Gasteiger partial charge is 0.272 e. The van der Waals surface area contributed by atoms with Gasteiger partial charge in [-0.2, -0.15) is 0 Å². The lowest BCUT2D eigenvalue weighted by Crippen LogP contribution is -2.23. The van der Waals surface area contributed by atoms with E-state index in [4.69, 9.17) is 0 Å². The van der Waals surface area contributed by atoms with E-state index in [1.54, 1.807) is 12.4 Å². The number of pyridine rings is 1. The number of H-pyrrole nitrogens is 1. The Morgan fingerprint density at radius 3 is 3.06 bits per heavy atom. The van der Waals surface area contributed by atoms with E-state index in [9.17, 15) is 4.79 Å². The summed E-state index contributed by atoms with van der Waals surface area (Å²) in [6, 6.07) is 3.74. The van der Waals surface area contributed by atoms with Crippen molar-refractivity contribution in [2.75, 3.05) is 0 Å². The van der Waals surface area contributed by atoms with Gasteiger partial charge in [0, 0.05) is 24.6 Å². The van der Waals surface area contributed by atoms with E-state index in [-0.39, 0.29) is 5.91 Å². The molecule has 0 saturated heterocycles. The van der Waals surface area contributed by atoms with E-state index in [1.165, 1.54) is 6.33 Å². The van der Waals surface area contributed by atoms with Crippen molar-refractivity contribution in [1.29, 1.82) is 0 Å². The molecule has 1 amide bonds. The van der Waals surface area contributed by atoms with Gasteiger partial charge in [-0.3, -0.25) is 9.78 Å². The number of aryl methyl sites for hydroxylation is 1. The summed E-state index contributed by atoms with van der Waals surface area (Å²) in [5.74, 6) is -0.178. The predicted octanol–water partition coefficient (Wildman–Crippen LogP) is 1.04. The van der Waals surface area contributed by atoms with Gasteiger partial charge >= 0.3 is 0 Å². The van der Waals surface area contributed by atoms with Crippen LogP contribution in [0.3, 0.4) is 0 Å². The third kappa shape index (κ3) is 2.25. The SMILES string of the molecule is Cc1[nH]cnc1C(=O)NCc1cccnc1. The van der Waals surface area contributed by atoms with Crippen molar-refractivity contribution in [3.63, 3.8) is 0 Å². The number of carbonyl (C=O) groups is 1. The summed E-state index contributed by atoms with van der Waals surface area (Å²) >= 11 is 0. The number of nitrogens with zero attached hydrogens (tertiary/aromatic N) is 2. The van der Waals surface area contributed by atoms with Crippen molar-refractivity contribution in [2.24, 2.45) is 0 Å². The Bertz CT molecular complexity index is 478. The number of amides is 1. The molecule has 0 aliphatic heterocycles. The van der Waals surface area contributed by atoms with Gasteiger partial charge in [0.15, 0.2) is 0 Å². The fourth-order valence-electron chi connectivity index (χ4n) is 1.36. The number of aromatic nitrogens is 3. The molecule has 0 bridgehead atoms. The van der Waals surface area contributed by atoms with Gasteiger partial charge in [0.25, 0.3) is 5.91 Å². The Morgan fingerprint density at radius 1 is 1.56 bits per heavy atom. The highest BCUT2D eigenvalue weighted by atomic mass is 16.1. The molecule has 5 nitrogen and oxygen atoms in total. The van der Waals surface area contributed by atoms with Crippen LogP contribution in [-0.4, -0.2) is 20.9 Å². The topological polar surface area (TPSA) is 70.7 Å². The lowest BCUT2D eigenvalue weighted by molar-refractivity contribution is 0.0946. The first-order valence-corrected chi connectivity index (χ1v) is 4.94. The summed E-state index contributed by atoms with van der Waals surface area (Å²) < 4.78 is 0. The van der Waals surface area contributed by atoms with Crippen molar-refractivity contribution < 1.29 is 4.79 Å². The maximum Gasteiger partial charge on any atom is 0.272 e. The predicted molar refractivity (Wildman–Crippen MR) is 58.7 cm³/mol. The molecule has 0 unspecified atom stereocenters. The Hall–Kier alpha value is -2.17. The van der Waals surface area contributed by atoms with Gasteiger partial charge in [0.05, 0.1) is 6.33 Å². The number of hydrogen-bond donors (Lipinski definition) is 2. The molecule has 2 aromatic heterocycles. The Balaban J connectivity index is 1.97. The molecule has 0 fully saturated rings. The van der Waals surface area contributed by atoms with Crippen LogP contribution in [0.4, 0.5) is 0 Å². The standard InChI is InChI=1S/C11H12N4O/c1-8-10(15-7-14-8)11(16)13-6-9-3-2-4-12-5-9/h2-5,7H,6H2,1H3,(H,13,16)(H,14,15). The van der Waals surface area contributed by atoms with Gasteiger partial charge < -0.3 is 10.3 Å². The Kier molecular flexibility index (Phi) is 2.95. The third-order valence-corrected chi connectivity index (χ3v) is 2.22. The molecule has 0 aliphatic rings. The highest BCUT2D eigenvalue weighted by Crippen LogP contribution is 2.01. The molecule has 5 heteroatoms. The zero-order chi connectivity index (χ0) is 11.4. The normalized spacial score (nSPS) is 10.1. The van der Waals surface area contributed by atoms with Crippen LogP contribution in [0.2, 0.25) is 0 Å². The molecule has 0 saturated carbocycles. The van der Waals surface area contributed by atoms with E-state index >= 15 is 0 Å². The van der Waals surface area contributed by atoms with E-state index in [0.717, 1.165) is 11.3 Å². The van der Waals surface area contributed by atoms with Crippen molar-refractivity contribution in [1.82, 2.24) is 20.3 Å². The van der Waals surface area contributed by atoms with Crippen LogP contribution < -0.4 is 5.32 Å². The average molecular weight is 216 g/mol. The first-order valence-electron chi connectivity index (χ1n) is 4.94. The second-order valence-corrected chi connectivity index (χ2v) is 3.42. The molecule has 16 heavy (non-hydrogen) atoms. The number of rotatable bonds is 3. The summed E-state index contributed by atoms with van der Waals surface area (Å²) in [7, 11) is 0. The molecule has 0 radical (unpaired) electrons. The van der Waals surface area contributed by atoms with E-state index in [0.29, 0.717) is 12.2 Å². The molecule has 0 spiro atoms. The number of imidazole rings is 1. The molecule has 82 valence electrons. The number of nitrogens with one attached hydrogen (secondary N) is 2. The van der Waals surface area contributed by atoms with Gasteiger partial charge in [-0.1, -0.05) is 6.07 Å². The minimum Gasteiger partial charge on any atom is -0.348 e. The van der Waals surface area contributed by atoms with E-state index in [2.05, 4.69) is 20.3 Å². The summed E-state index contributed by atoms with van der Waals surface area (Å²) in [6.07, 6.45) is 4.93. The average Bonchev–Trinajstić information content (AvgIpc) is 2.74. The molecule has 2 N–H and O–H groups in total. The van der Waals surface area contributed by atoms with Gasteiger partial charge in [0.1, 0.15) is 5.69 Å². The largest absolute Gasteiger partial charge is 0.348 e. The van der Waals surface area contributed by atoms with E-state index in [1.807, 2.05) is 19.1 Å². The fourth-order valence-corrected chi connectivity index (χ4v) is 1.36. The minimum absolute atomic E-state index is 0.178. The molecule has 2 rings (SSSR count). The van der Waals surface area contributed by atoms with Crippen molar-refractivity contribution in [3.8, 4) is 0 Å². The molecule has 2 aromatic rings. The lowest BCUT2D eigenvalue weighted by atomic mass is 10.2. The molecular formula is C11H12N4O. The van der Waals surface area contributed by atoms with Gasteiger partial charge in [0.2, 0.25) is 0 Å². The lowest BCUT2D eigenvalue weighted by Gasteiger charge is -2.03. The van der Waals surface area contributed by atoms with Gasteiger partial charge in [-0.15, -0.1) is 0 Å². The molecule has 2 heterocycles. The maximum absolute atomic E-state index is 11.7. The fraction of sp³-hybridized carbons (Fsp3) is 0.182. The zero-order valence-electron chi connectivity index (χ0n) is 8.90. The van der Waals surface area contributed by atoms with E-state index < -0.39 is 0 Å². The van der Waals surface area contributed by atoms with Crippen LogP contribution in [0.25, 0.3) is 0 Å². The Labute approximate surface area is 92.9 Å². The maximum atomic E-state index is 11.7. The van der Waals surface area contributed by atoms with Crippen LogP contribution in [0.1, 0.15) is 21.7 Å². The quantitative estimate of drug-likeness (QED) is 0.805. The summed E-state index contributed by atoms with van der Waals surface area (Å²) in [5, 5.41) is 2.78. The summed E-state index contributed by atoms with van der Waals surface area (Å²) in [6.45, 7) is 2.27. The second-order valence-electron chi connectivity index (χ2n) is 3.42. The van der Waals surface area contributed by atoms with Crippen LogP contribution in [-0.2, 0) is 6.54 Å². The van der Waals surface area contributed by atoms with Crippen molar-refractivity contribution in [3.05, 3.63) is 47.8 Å². The minimum atomic E-state index is -0.178. The molecular weight excluding hydrogens is 204 g/mol. The number of hydrogen-bond acceptors (Lipinski definition) is 3. The number of aromatic amines is 1. The highest BCUT2D eigenvalue weighted by molar-refractivity contribution is 5.93. The number of carbonyl (C=O) groups excluding carboxylic acids is 1. The molecule has 0 atom stereocenters. The van der Waals surface area contributed by atoms with Gasteiger partial charge in [-0.25, -0.2) is 4.98 Å². The van der Waals surface area contributed by atoms with Crippen LogP contribution in [0.15, 0.2) is 30.9 Å². The Morgan fingerprint density at radius 2 is 2.44 bits per heavy atom. The summed E-state index contributed by atoms with van der Waals surface area (Å²) in [5.41, 5.74) is 2.16. The zero-order valence-corrected chi connectivity index (χ0v) is 8.90. The molecule has 0 aromatic carbocycles. The van der Waals surface area contributed by atoms with Crippen LogP contribution in [0.5, 0.6) is 0 Å². The van der Waals surface area contributed by atoms with Gasteiger partial charge in [-0.05, 0) is 18.6 Å². The van der Waals surface area contributed by atoms with Crippen LogP contribution >= 0.6 is 0 Å². The van der Waals surface area contributed by atoms with Crippen LogP contribution in [0, 0.1) is 6.92 Å². The van der Waals surface area contributed by atoms with Crippen molar-refractivity contribution in [2.45, 2.75) is 13.5 Å².